The molecule has 1 heterocycles. The minimum Gasteiger partial charge on any atom is -0.299 e. The van der Waals surface area contributed by atoms with Crippen molar-refractivity contribution >= 4 is 5.78 Å². The summed E-state index contributed by atoms with van der Waals surface area (Å²) in [5.74, 6) is 1.48. The number of nitrogens with zero attached hydrogens (tertiary/aromatic N) is 1. The lowest BCUT2D eigenvalue weighted by Gasteiger charge is -2.16. The highest BCUT2D eigenvalue weighted by atomic mass is 16.1. The van der Waals surface area contributed by atoms with E-state index in [2.05, 4.69) is 35.2 Å². The topological polar surface area (TPSA) is 20.3 Å². The van der Waals surface area contributed by atoms with Crippen LogP contribution in [0.2, 0.25) is 0 Å². The number of ketones is 1. The van der Waals surface area contributed by atoms with E-state index >= 15 is 0 Å². The number of rotatable bonds is 2. The molecule has 0 amide bonds. The third-order valence-corrected chi connectivity index (χ3v) is 4.43. The van der Waals surface area contributed by atoms with Crippen molar-refractivity contribution in [2.24, 2.45) is 11.8 Å². The first-order valence-corrected chi connectivity index (χ1v) is 7.12. The summed E-state index contributed by atoms with van der Waals surface area (Å²) in [5.41, 5.74) is 1.36. The maximum absolute atomic E-state index is 12.1. The summed E-state index contributed by atoms with van der Waals surface area (Å²) in [6, 6.07) is 10.6. The van der Waals surface area contributed by atoms with Gasteiger partial charge in [0.1, 0.15) is 5.78 Å². The van der Waals surface area contributed by atoms with Crippen LogP contribution in [0.1, 0.15) is 31.2 Å². The average Bonchev–Trinajstić information content (AvgIpc) is 2.71. The monoisotopic (exact) mass is 243 g/mol. The predicted molar refractivity (Wildman–Crippen MR) is 72.2 cm³/mol. The molecule has 0 bridgehead atoms. The van der Waals surface area contributed by atoms with Crippen LogP contribution >= 0.6 is 0 Å². The van der Waals surface area contributed by atoms with Crippen LogP contribution in [0.5, 0.6) is 0 Å². The van der Waals surface area contributed by atoms with Crippen LogP contribution in [0.3, 0.4) is 0 Å². The summed E-state index contributed by atoms with van der Waals surface area (Å²) in [4.78, 5) is 14.5. The molecule has 0 spiro atoms. The summed E-state index contributed by atoms with van der Waals surface area (Å²) in [7, 11) is 0. The van der Waals surface area contributed by atoms with E-state index in [1.165, 1.54) is 18.4 Å². The van der Waals surface area contributed by atoms with Crippen molar-refractivity contribution in [3.8, 4) is 0 Å². The van der Waals surface area contributed by atoms with Crippen molar-refractivity contribution in [3.63, 3.8) is 0 Å². The quantitative estimate of drug-likeness (QED) is 0.796. The van der Waals surface area contributed by atoms with Gasteiger partial charge < -0.3 is 0 Å². The molecule has 1 aliphatic carbocycles. The van der Waals surface area contributed by atoms with E-state index in [0.29, 0.717) is 17.6 Å². The lowest BCUT2D eigenvalue weighted by atomic mass is 9.91. The third kappa shape index (κ3) is 2.49. The number of hydrogen-bond acceptors (Lipinski definition) is 2. The third-order valence-electron chi connectivity index (χ3n) is 4.43. The van der Waals surface area contributed by atoms with Crippen molar-refractivity contribution in [1.29, 1.82) is 0 Å². The van der Waals surface area contributed by atoms with Crippen molar-refractivity contribution in [2.75, 3.05) is 13.1 Å². The molecule has 2 atom stereocenters. The smallest absolute Gasteiger partial charge is 0.137 e. The van der Waals surface area contributed by atoms with Gasteiger partial charge in [-0.25, -0.2) is 0 Å². The molecular formula is C16H21NO. The van der Waals surface area contributed by atoms with Crippen molar-refractivity contribution in [1.82, 2.24) is 4.90 Å². The van der Waals surface area contributed by atoms with Gasteiger partial charge in [0.15, 0.2) is 0 Å². The van der Waals surface area contributed by atoms with E-state index in [4.69, 9.17) is 0 Å². The fraction of sp³-hybridized carbons (Fsp3) is 0.562. The Morgan fingerprint density at radius 3 is 2.78 bits per heavy atom. The van der Waals surface area contributed by atoms with Crippen LogP contribution in [0.15, 0.2) is 30.3 Å². The van der Waals surface area contributed by atoms with E-state index in [1.807, 2.05) is 0 Å². The summed E-state index contributed by atoms with van der Waals surface area (Å²) >= 11 is 0. The molecule has 1 aliphatic heterocycles. The molecule has 1 aromatic rings. The van der Waals surface area contributed by atoms with Gasteiger partial charge in [0.2, 0.25) is 0 Å². The van der Waals surface area contributed by atoms with Gasteiger partial charge in [-0.15, -0.1) is 0 Å². The fourth-order valence-electron chi connectivity index (χ4n) is 3.48. The highest BCUT2D eigenvalue weighted by molar-refractivity contribution is 5.82. The second kappa shape index (κ2) is 5.23. The van der Waals surface area contributed by atoms with Gasteiger partial charge in [-0.1, -0.05) is 36.8 Å². The Morgan fingerprint density at radius 1 is 1.11 bits per heavy atom. The highest BCUT2D eigenvalue weighted by Crippen LogP contribution is 2.33. The first-order chi connectivity index (χ1) is 8.83. The maximum atomic E-state index is 12.1. The first-order valence-electron chi connectivity index (χ1n) is 7.12. The van der Waals surface area contributed by atoms with Gasteiger partial charge in [0.05, 0.1) is 0 Å². The summed E-state index contributed by atoms with van der Waals surface area (Å²) in [6.07, 6.45) is 4.43. The lowest BCUT2D eigenvalue weighted by Crippen LogP contribution is -2.23. The largest absolute Gasteiger partial charge is 0.299 e. The Balaban J connectivity index is 1.66. The Bertz CT molecular complexity index is 414. The van der Waals surface area contributed by atoms with Crippen LogP contribution in [-0.2, 0) is 11.3 Å². The van der Waals surface area contributed by atoms with Crippen molar-refractivity contribution in [2.45, 2.75) is 32.2 Å². The zero-order chi connectivity index (χ0) is 12.4. The van der Waals surface area contributed by atoms with Gasteiger partial charge in [-0.3, -0.25) is 9.69 Å². The summed E-state index contributed by atoms with van der Waals surface area (Å²) in [5, 5.41) is 0. The second-order valence-electron chi connectivity index (χ2n) is 5.76. The van der Waals surface area contributed by atoms with Crippen LogP contribution < -0.4 is 0 Å². The van der Waals surface area contributed by atoms with Gasteiger partial charge in [0, 0.05) is 32.0 Å². The Kier molecular flexibility index (Phi) is 3.46. The van der Waals surface area contributed by atoms with E-state index in [0.717, 1.165) is 32.5 Å². The zero-order valence-corrected chi connectivity index (χ0v) is 10.8. The molecule has 1 aromatic carbocycles. The summed E-state index contributed by atoms with van der Waals surface area (Å²) < 4.78 is 0. The van der Waals surface area contributed by atoms with E-state index in [9.17, 15) is 4.79 Å². The molecule has 0 N–H and O–H groups in total. The minimum absolute atomic E-state index is 0.330. The number of hydrogen-bond donors (Lipinski definition) is 0. The number of likely N-dealkylation sites (tertiary alicyclic amines) is 1. The molecule has 0 aromatic heterocycles. The zero-order valence-electron chi connectivity index (χ0n) is 10.8. The van der Waals surface area contributed by atoms with Crippen LogP contribution in [-0.4, -0.2) is 23.8 Å². The molecule has 0 radical (unpaired) electrons. The molecule has 2 heteroatoms. The van der Waals surface area contributed by atoms with E-state index < -0.39 is 0 Å². The SMILES string of the molecule is O=C1CCCC[C@H]2CN(Cc3ccccc3)C[C@H]12. The number of carbonyl (C=O) groups excluding carboxylic acids is 1. The summed E-state index contributed by atoms with van der Waals surface area (Å²) in [6.45, 7) is 3.10. The first kappa shape index (κ1) is 11.9. The Labute approximate surface area is 109 Å². The number of carbonyl (C=O) groups is 1. The molecule has 3 rings (SSSR count). The van der Waals surface area contributed by atoms with Gasteiger partial charge >= 0.3 is 0 Å². The molecule has 1 saturated heterocycles. The molecular weight excluding hydrogens is 222 g/mol. The van der Waals surface area contributed by atoms with Gasteiger partial charge in [-0.05, 0) is 24.3 Å². The van der Waals surface area contributed by atoms with E-state index in [1.54, 1.807) is 0 Å². The average molecular weight is 243 g/mol. The maximum Gasteiger partial charge on any atom is 0.137 e. The standard InChI is InChI=1S/C16H21NO/c18-16-9-5-4-8-14-11-17(12-15(14)16)10-13-6-2-1-3-7-13/h1-3,6-7,14-15H,4-5,8-12H2/t14-,15-/m0/s1. The van der Waals surface area contributed by atoms with Crippen molar-refractivity contribution < 1.29 is 4.79 Å². The Morgan fingerprint density at radius 2 is 1.94 bits per heavy atom. The second-order valence-corrected chi connectivity index (χ2v) is 5.76. The molecule has 2 aliphatic rings. The number of Topliss-reactive ketones (excluding diaryl/α,β-unsaturated/α-hetero) is 1. The van der Waals surface area contributed by atoms with Gasteiger partial charge in [0.25, 0.3) is 0 Å². The van der Waals surface area contributed by atoms with E-state index in [-0.39, 0.29) is 0 Å². The van der Waals surface area contributed by atoms with Crippen LogP contribution in [0.4, 0.5) is 0 Å². The van der Waals surface area contributed by atoms with Crippen LogP contribution in [0, 0.1) is 11.8 Å². The lowest BCUT2D eigenvalue weighted by molar-refractivity contribution is -0.123. The molecule has 2 nitrogen and oxygen atoms in total. The number of benzene rings is 1. The Hall–Kier alpha value is -1.15. The normalized spacial score (nSPS) is 29.0. The molecule has 1 saturated carbocycles. The molecule has 96 valence electrons. The highest BCUT2D eigenvalue weighted by Gasteiger charge is 2.37. The van der Waals surface area contributed by atoms with Gasteiger partial charge in [-0.2, -0.15) is 0 Å². The van der Waals surface area contributed by atoms with Crippen molar-refractivity contribution in [3.05, 3.63) is 35.9 Å². The fourth-order valence-corrected chi connectivity index (χ4v) is 3.48. The molecule has 2 fully saturated rings. The molecule has 0 unspecified atom stereocenters. The minimum atomic E-state index is 0.330. The predicted octanol–water partition coefficient (Wildman–Crippen LogP) is 2.88. The molecule has 18 heavy (non-hydrogen) atoms. The number of fused-ring (bicyclic) bond motifs is 1. The van der Waals surface area contributed by atoms with Crippen LogP contribution in [0.25, 0.3) is 0 Å².